The van der Waals surface area contributed by atoms with Gasteiger partial charge in [0.1, 0.15) is 11.6 Å². The van der Waals surface area contributed by atoms with Crippen LogP contribution in [0.5, 0.6) is 5.75 Å². The molecule has 0 aliphatic heterocycles. The Labute approximate surface area is 153 Å². The Morgan fingerprint density at radius 2 is 1.81 bits per heavy atom. The first-order valence-corrected chi connectivity index (χ1v) is 8.61. The van der Waals surface area contributed by atoms with Crippen LogP contribution in [-0.4, -0.2) is 21.1 Å². The van der Waals surface area contributed by atoms with E-state index < -0.39 is 0 Å². The summed E-state index contributed by atoms with van der Waals surface area (Å²) in [6, 6.07) is 13.7. The zero-order valence-electron chi connectivity index (χ0n) is 15.2. The maximum absolute atomic E-state index is 5.86. The minimum Gasteiger partial charge on any atom is -0.489 e. The minimum absolute atomic E-state index is 0.0997. The van der Waals surface area contributed by atoms with Crippen molar-refractivity contribution in [2.24, 2.45) is 0 Å². The maximum atomic E-state index is 5.86. The van der Waals surface area contributed by atoms with Gasteiger partial charge in [0.15, 0.2) is 0 Å². The van der Waals surface area contributed by atoms with Crippen molar-refractivity contribution in [1.29, 1.82) is 0 Å². The molecule has 134 valence electrons. The SMILES string of the molecule is Cc1cc(Nc2ccccc2OC(C)C)nc(NCc2ccncc2)n1. The number of nitrogens with zero attached hydrogens (tertiary/aromatic N) is 3. The molecule has 0 bridgehead atoms. The Bertz CT molecular complexity index is 852. The van der Waals surface area contributed by atoms with Crippen LogP contribution in [-0.2, 0) is 6.54 Å². The lowest BCUT2D eigenvalue weighted by molar-refractivity contribution is 0.244. The summed E-state index contributed by atoms with van der Waals surface area (Å²) in [5, 5.41) is 6.58. The molecule has 6 nitrogen and oxygen atoms in total. The fourth-order valence-corrected chi connectivity index (χ4v) is 2.46. The van der Waals surface area contributed by atoms with E-state index in [1.807, 2.05) is 63.2 Å². The van der Waals surface area contributed by atoms with Gasteiger partial charge in [0.2, 0.25) is 5.95 Å². The van der Waals surface area contributed by atoms with Gasteiger partial charge in [-0.25, -0.2) is 4.98 Å². The predicted octanol–water partition coefficient (Wildman–Crippen LogP) is 4.32. The Kier molecular flexibility index (Phi) is 5.63. The van der Waals surface area contributed by atoms with Crippen molar-refractivity contribution < 1.29 is 4.74 Å². The largest absolute Gasteiger partial charge is 0.489 e. The minimum atomic E-state index is 0.0997. The van der Waals surface area contributed by atoms with Crippen LogP contribution in [0.3, 0.4) is 0 Å². The van der Waals surface area contributed by atoms with Crippen molar-refractivity contribution in [2.45, 2.75) is 33.4 Å². The van der Waals surface area contributed by atoms with Crippen LogP contribution in [0.15, 0.2) is 54.9 Å². The van der Waals surface area contributed by atoms with E-state index in [9.17, 15) is 0 Å². The Hall–Kier alpha value is -3.15. The Morgan fingerprint density at radius 3 is 2.58 bits per heavy atom. The molecule has 26 heavy (non-hydrogen) atoms. The molecule has 0 unspecified atom stereocenters. The van der Waals surface area contributed by atoms with E-state index in [-0.39, 0.29) is 6.10 Å². The van der Waals surface area contributed by atoms with Crippen molar-refractivity contribution in [2.75, 3.05) is 10.6 Å². The van der Waals surface area contributed by atoms with Gasteiger partial charge < -0.3 is 15.4 Å². The van der Waals surface area contributed by atoms with E-state index in [1.54, 1.807) is 12.4 Å². The lowest BCUT2D eigenvalue weighted by Gasteiger charge is -2.15. The van der Waals surface area contributed by atoms with Crippen LogP contribution in [0.2, 0.25) is 0 Å². The number of anilines is 3. The molecule has 0 radical (unpaired) electrons. The second-order valence-electron chi connectivity index (χ2n) is 6.21. The predicted molar refractivity (Wildman–Crippen MR) is 104 cm³/mol. The van der Waals surface area contributed by atoms with Gasteiger partial charge in [-0.2, -0.15) is 4.98 Å². The second kappa shape index (κ2) is 8.29. The van der Waals surface area contributed by atoms with E-state index in [4.69, 9.17) is 4.74 Å². The standard InChI is InChI=1S/C20H23N5O/c1-14(2)26-18-7-5-4-6-17(18)24-19-12-15(3)23-20(25-19)22-13-16-8-10-21-11-9-16/h4-12,14H,13H2,1-3H3,(H2,22,23,24,25). The van der Waals surface area contributed by atoms with Gasteiger partial charge in [-0.15, -0.1) is 0 Å². The fourth-order valence-electron chi connectivity index (χ4n) is 2.46. The summed E-state index contributed by atoms with van der Waals surface area (Å²) < 4.78 is 5.86. The van der Waals surface area contributed by atoms with Crippen molar-refractivity contribution in [3.8, 4) is 5.75 Å². The van der Waals surface area contributed by atoms with Gasteiger partial charge in [-0.3, -0.25) is 4.98 Å². The monoisotopic (exact) mass is 349 g/mol. The summed E-state index contributed by atoms with van der Waals surface area (Å²) in [4.78, 5) is 13.0. The Balaban J connectivity index is 1.76. The van der Waals surface area contributed by atoms with Crippen molar-refractivity contribution in [3.63, 3.8) is 0 Å². The summed E-state index contributed by atoms with van der Waals surface area (Å²) in [6.45, 7) is 6.60. The van der Waals surface area contributed by atoms with Crippen molar-refractivity contribution >= 4 is 17.5 Å². The highest BCUT2D eigenvalue weighted by molar-refractivity contribution is 5.64. The highest BCUT2D eigenvalue weighted by Crippen LogP contribution is 2.28. The number of benzene rings is 1. The van der Waals surface area contributed by atoms with Crippen LogP contribution in [0.25, 0.3) is 0 Å². The molecule has 3 aromatic rings. The highest BCUT2D eigenvalue weighted by Gasteiger charge is 2.08. The molecule has 0 amide bonds. The van der Waals surface area contributed by atoms with E-state index in [0.29, 0.717) is 12.5 Å². The molecule has 3 rings (SSSR count). The van der Waals surface area contributed by atoms with Gasteiger partial charge in [0, 0.05) is 30.7 Å². The van der Waals surface area contributed by atoms with Gasteiger partial charge in [0.25, 0.3) is 0 Å². The summed E-state index contributed by atoms with van der Waals surface area (Å²) in [5.41, 5.74) is 2.87. The fraction of sp³-hybridized carbons (Fsp3) is 0.250. The summed E-state index contributed by atoms with van der Waals surface area (Å²) in [7, 11) is 0. The van der Waals surface area contributed by atoms with E-state index in [0.717, 1.165) is 28.5 Å². The number of nitrogens with one attached hydrogen (secondary N) is 2. The zero-order chi connectivity index (χ0) is 18.4. The molecular weight excluding hydrogens is 326 g/mol. The molecule has 6 heteroatoms. The third-order valence-electron chi connectivity index (χ3n) is 3.57. The number of ether oxygens (including phenoxy) is 1. The van der Waals surface area contributed by atoms with Gasteiger partial charge in [0.05, 0.1) is 11.8 Å². The second-order valence-corrected chi connectivity index (χ2v) is 6.21. The van der Waals surface area contributed by atoms with E-state index in [2.05, 4.69) is 25.6 Å². The molecule has 0 aliphatic rings. The lowest BCUT2D eigenvalue weighted by Crippen LogP contribution is -2.09. The summed E-state index contributed by atoms with van der Waals surface area (Å²) in [5.74, 6) is 2.09. The maximum Gasteiger partial charge on any atom is 0.225 e. The van der Waals surface area contributed by atoms with E-state index >= 15 is 0 Å². The molecule has 0 aliphatic carbocycles. The zero-order valence-corrected chi connectivity index (χ0v) is 15.2. The quantitative estimate of drug-likeness (QED) is 0.662. The normalized spacial score (nSPS) is 10.6. The van der Waals surface area contributed by atoms with Crippen molar-refractivity contribution in [1.82, 2.24) is 15.0 Å². The molecule has 0 fully saturated rings. The number of para-hydroxylation sites is 2. The number of pyridine rings is 1. The lowest BCUT2D eigenvalue weighted by atomic mass is 10.2. The van der Waals surface area contributed by atoms with Crippen molar-refractivity contribution in [3.05, 3.63) is 66.1 Å². The van der Waals surface area contributed by atoms with Gasteiger partial charge in [-0.1, -0.05) is 12.1 Å². The summed E-state index contributed by atoms with van der Waals surface area (Å²) >= 11 is 0. The van der Waals surface area contributed by atoms with Gasteiger partial charge >= 0.3 is 0 Å². The average molecular weight is 349 g/mol. The van der Waals surface area contributed by atoms with Gasteiger partial charge in [-0.05, 0) is 50.6 Å². The molecular formula is C20H23N5O. The molecule has 0 saturated carbocycles. The first-order valence-electron chi connectivity index (χ1n) is 8.61. The Morgan fingerprint density at radius 1 is 1.04 bits per heavy atom. The topological polar surface area (TPSA) is 72.0 Å². The number of rotatable bonds is 7. The number of aromatic nitrogens is 3. The molecule has 0 saturated heterocycles. The number of hydrogen-bond donors (Lipinski definition) is 2. The van der Waals surface area contributed by atoms with Crippen LogP contribution in [0.1, 0.15) is 25.1 Å². The summed E-state index contributed by atoms with van der Waals surface area (Å²) in [6.07, 6.45) is 3.64. The number of hydrogen-bond acceptors (Lipinski definition) is 6. The first kappa shape index (κ1) is 17.7. The molecule has 1 aromatic carbocycles. The average Bonchev–Trinajstić information content (AvgIpc) is 2.62. The number of aryl methyl sites for hydroxylation is 1. The first-order chi connectivity index (χ1) is 12.6. The van der Waals surface area contributed by atoms with Crippen LogP contribution in [0.4, 0.5) is 17.5 Å². The highest BCUT2D eigenvalue weighted by atomic mass is 16.5. The third-order valence-corrected chi connectivity index (χ3v) is 3.57. The third kappa shape index (κ3) is 4.92. The van der Waals surface area contributed by atoms with Crippen LogP contribution < -0.4 is 15.4 Å². The van der Waals surface area contributed by atoms with E-state index in [1.165, 1.54) is 0 Å². The molecule has 0 atom stereocenters. The van der Waals surface area contributed by atoms with Crippen LogP contribution in [0, 0.1) is 6.92 Å². The molecule has 2 heterocycles. The van der Waals surface area contributed by atoms with Crippen LogP contribution >= 0.6 is 0 Å². The molecule has 2 N–H and O–H groups in total. The molecule has 2 aromatic heterocycles. The molecule has 0 spiro atoms. The smallest absolute Gasteiger partial charge is 0.225 e.